The Balaban J connectivity index is 1.80. The molecule has 1 aromatic carbocycles. The number of hydrogen-bond acceptors (Lipinski definition) is 3. The lowest BCUT2D eigenvalue weighted by atomic mass is 9.92. The Hall–Kier alpha value is -1.00. The molecule has 4 heteroatoms. The monoisotopic (exact) mass is 304 g/mol. The molecule has 0 spiro atoms. The van der Waals surface area contributed by atoms with Crippen LogP contribution in [-0.2, 0) is 11.2 Å². The Kier molecular flexibility index (Phi) is 4.86. The maximum Gasteiger partial charge on any atom is 0.240 e. The number of hydrogen-bond donors (Lipinski definition) is 1. The van der Waals surface area contributed by atoms with E-state index in [1.54, 1.807) is 11.8 Å². The lowest BCUT2D eigenvalue weighted by molar-refractivity contribution is -0.119. The number of rotatable bonds is 3. The number of benzene rings is 1. The number of anilines is 1. The molecule has 0 aromatic heterocycles. The minimum Gasteiger partial charge on any atom is -0.317 e. The summed E-state index contributed by atoms with van der Waals surface area (Å²) in [5.41, 5.74) is 2.46. The maximum atomic E-state index is 13.1. The molecule has 2 aliphatic rings. The van der Waals surface area contributed by atoms with Crippen molar-refractivity contribution >= 4 is 23.4 Å². The summed E-state index contributed by atoms with van der Waals surface area (Å²) >= 11 is 1.73. The van der Waals surface area contributed by atoms with Gasteiger partial charge in [-0.15, -0.1) is 0 Å². The summed E-state index contributed by atoms with van der Waals surface area (Å²) in [4.78, 5) is 15.1. The molecule has 1 atom stereocenters. The fourth-order valence-corrected chi connectivity index (χ4v) is 4.54. The van der Waals surface area contributed by atoms with Crippen molar-refractivity contribution in [3.63, 3.8) is 0 Å². The standard InChI is InChI=1S/C17H24N2OS/c1-21-16(14-8-10-18-11-9-14)17(20)19-12-4-6-13-5-2-3-7-15(13)19/h2-3,5,7,14,16,18H,4,6,8-12H2,1H3. The molecule has 1 unspecified atom stereocenters. The number of para-hydroxylation sites is 1. The highest BCUT2D eigenvalue weighted by atomic mass is 32.2. The number of amides is 1. The summed E-state index contributed by atoms with van der Waals surface area (Å²) in [5, 5.41) is 3.50. The van der Waals surface area contributed by atoms with Crippen molar-refractivity contribution < 1.29 is 4.79 Å². The highest BCUT2D eigenvalue weighted by Gasteiger charge is 2.33. The first-order valence-corrected chi connectivity index (χ1v) is 9.23. The van der Waals surface area contributed by atoms with E-state index in [1.165, 1.54) is 5.56 Å². The van der Waals surface area contributed by atoms with Gasteiger partial charge in [0.05, 0.1) is 5.25 Å². The van der Waals surface area contributed by atoms with E-state index in [2.05, 4.69) is 29.8 Å². The Morgan fingerprint density at radius 2 is 2.10 bits per heavy atom. The summed E-state index contributed by atoms with van der Waals surface area (Å²) in [6.07, 6.45) is 6.49. The number of carbonyl (C=O) groups is 1. The molecule has 21 heavy (non-hydrogen) atoms. The minimum absolute atomic E-state index is 0.109. The quantitative estimate of drug-likeness (QED) is 0.932. The van der Waals surface area contributed by atoms with Crippen molar-refractivity contribution in [2.24, 2.45) is 5.92 Å². The van der Waals surface area contributed by atoms with E-state index in [1.807, 2.05) is 11.0 Å². The Bertz CT molecular complexity index is 499. The first-order chi connectivity index (χ1) is 10.3. The number of carbonyl (C=O) groups excluding carboxylic acids is 1. The number of piperidine rings is 1. The second-order valence-electron chi connectivity index (χ2n) is 5.97. The molecule has 3 nitrogen and oxygen atoms in total. The van der Waals surface area contributed by atoms with Gasteiger partial charge in [-0.1, -0.05) is 18.2 Å². The lowest BCUT2D eigenvalue weighted by Crippen LogP contribution is -2.45. The van der Waals surface area contributed by atoms with E-state index >= 15 is 0 Å². The van der Waals surface area contributed by atoms with E-state index in [9.17, 15) is 4.79 Å². The zero-order valence-electron chi connectivity index (χ0n) is 12.7. The van der Waals surface area contributed by atoms with Crippen LogP contribution >= 0.6 is 11.8 Å². The SMILES string of the molecule is CSC(C(=O)N1CCCc2ccccc21)C1CCNCC1. The van der Waals surface area contributed by atoms with Crippen molar-refractivity contribution in [1.82, 2.24) is 5.32 Å². The summed E-state index contributed by atoms with van der Waals surface area (Å²) in [6, 6.07) is 8.38. The van der Waals surface area contributed by atoms with Gasteiger partial charge in [-0.3, -0.25) is 4.79 Å². The van der Waals surface area contributed by atoms with Crippen LogP contribution in [0.2, 0.25) is 0 Å². The number of nitrogens with one attached hydrogen (secondary N) is 1. The van der Waals surface area contributed by atoms with Crippen molar-refractivity contribution in [3.8, 4) is 0 Å². The first-order valence-electron chi connectivity index (χ1n) is 7.94. The van der Waals surface area contributed by atoms with Crippen molar-refractivity contribution in [2.75, 3.05) is 30.8 Å². The van der Waals surface area contributed by atoms with Gasteiger partial charge < -0.3 is 10.2 Å². The smallest absolute Gasteiger partial charge is 0.240 e. The number of thioether (sulfide) groups is 1. The van der Waals surface area contributed by atoms with Crippen molar-refractivity contribution in [2.45, 2.75) is 30.9 Å². The normalized spacial score (nSPS) is 20.9. The Labute approximate surface area is 131 Å². The van der Waals surface area contributed by atoms with Crippen LogP contribution in [-0.4, -0.2) is 37.0 Å². The molecule has 2 heterocycles. The zero-order valence-corrected chi connectivity index (χ0v) is 13.5. The van der Waals surface area contributed by atoms with Gasteiger partial charge in [-0.25, -0.2) is 0 Å². The molecule has 1 saturated heterocycles. The molecule has 0 aliphatic carbocycles. The molecule has 0 radical (unpaired) electrons. The molecule has 1 N–H and O–H groups in total. The molecule has 1 aromatic rings. The topological polar surface area (TPSA) is 32.3 Å². The summed E-state index contributed by atoms with van der Waals surface area (Å²) < 4.78 is 0. The molecule has 1 amide bonds. The van der Waals surface area contributed by atoms with Gasteiger partial charge in [0.2, 0.25) is 5.91 Å². The van der Waals surface area contributed by atoms with Crippen LogP contribution in [0.5, 0.6) is 0 Å². The predicted octanol–water partition coefficient (Wildman–Crippen LogP) is 2.70. The Morgan fingerprint density at radius 1 is 1.33 bits per heavy atom. The van der Waals surface area contributed by atoms with Gasteiger partial charge in [-0.05, 0) is 62.6 Å². The Morgan fingerprint density at radius 3 is 2.86 bits per heavy atom. The van der Waals surface area contributed by atoms with Crippen molar-refractivity contribution in [3.05, 3.63) is 29.8 Å². The first kappa shape index (κ1) is 14.9. The third-order valence-electron chi connectivity index (χ3n) is 4.69. The summed E-state index contributed by atoms with van der Waals surface area (Å²) in [7, 11) is 0. The van der Waals surface area contributed by atoms with Gasteiger partial charge in [0.15, 0.2) is 0 Å². The number of fused-ring (bicyclic) bond motifs is 1. The predicted molar refractivity (Wildman–Crippen MR) is 90.0 cm³/mol. The van der Waals surface area contributed by atoms with Gasteiger partial charge >= 0.3 is 0 Å². The van der Waals surface area contributed by atoms with Crippen LogP contribution in [0.15, 0.2) is 24.3 Å². The third kappa shape index (κ3) is 3.11. The highest BCUT2D eigenvalue weighted by Crippen LogP contribution is 2.32. The van der Waals surface area contributed by atoms with Crippen molar-refractivity contribution in [1.29, 1.82) is 0 Å². The largest absolute Gasteiger partial charge is 0.317 e. The van der Waals surface area contributed by atoms with E-state index in [0.29, 0.717) is 11.8 Å². The fraction of sp³-hybridized carbons (Fsp3) is 0.588. The van der Waals surface area contributed by atoms with Crippen LogP contribution in [0.4, 0.5) is 5.69 Å². The maximum absolute atomic E-state index is 13.1. The summed E-state index contributed by atoms with van der Waals surface area (Å²) in [5.74, 6) is 0.837. The zero-order chi connectivity index (χ0) is 14.7. The average molecular weight is 304 g/mol. The molecular weight excluding hydrogens is 280 g/mol. The van der Waals surface area contributed by atoms with Gasteiger partial charge in [0.1, 0.15) is 0 Å². The molecule has 114 valence electrons. The summed E-state index contributed by atoms with van der Waals surface area (Å²) in [6.45, 7) is 2.97. The van der Waals surface area contributed by atoms with Crippen LogP contribution in [0, 0.1) is 5.92 Å². The highest BCUT2D eigenvalue weighted by molar-refractivity contribution is 7.99. The lowest BCUT2D eigenvalue weighted by Gasteiger charge is -2.35. The van der Waals surface area contributed by atoms with Crippen LogP contribution in [0.3, 0.4) is 0 Å². The number of aryl methyl sites for hydroxylation is 1. The van der Waals surface area contributed by atoms with E-state index in [-0.39, 0.29) is 5.25 Å². The second kappa shape index (κ2) is 6.84. The van der Waals surface area contributed by atoms with E-state index in [4.69, 9.17) is 0 Å². The fourth-order valence-electron chi connectivity index (χ4n) is 3.56. The van der Waals surface area contributed by atoms with E-state index < -0.39 is 0 Å². The minimum atomic E-state index is 0.109. The van der Waals surface area contributed by atoms with Crippen LogP contribution in [0.1, 0.15) is 24.8 Å². The number of nitrogens with zero attached hydrogens (tertiary/aromatic N) is 1. The van der Waals surface area contributed by atoms with Gasteiger partial charge in [-0.2, -0.15) is 11.8 Å². The molecule has 1 fully saturated rings. The van der Waals surface area contributed by atoms with E-state index in [0.717, 1.165) is 51.0 Å². The van der Waals surface area contributed by atoms with Gasteiger partial charge in [0.25, 0.3) is 0 Å². The third-order valence-corrected chi connectivity index (χ3v) is 5.78. The van der Waals surface area contributed by atoms with Gasteiger partial charge in [0, 0.05) is 12.2 Å². The van der Waals surface area contributed by atoms with Crippen LogP contribution < -0.4 is 10.2 Å². The molecule has 0 bridgehead atoms. The van der Waals surface area contributed by atoms with Crippen LogP contribution in [0.25, 0.3) is 0 Å². The molecule has 0 saturated carbocycles. The molecule has 2 aliphatic heterocycles. The molecule has 3 rings (SSSR count). The average Bonchev–Trinajstić information content (AvgIpc) is 2.56. The second-order valence-corrected chi connectivity index (χ2v) is 6.95. The molecular formula is C17H24N2OS.